The van der Waals surface area contributed by atoms with Crippen molar-refractivity contribution in [1.29, 1.82) is 0 Å². The van der Waals surface area contributed by atoms with E-state index in [2.05, 4.69) is 12.2 Å². The van der Waals surface area contributed by atoms with Crippen LogP contribution in [0.15, 0.2) is 18.2 Å². The number of carboxylic acids is 1. The summed E-state index contributed by atoms with van der Waals surface area (Å²) in [5.74, 6) is -1.47. The van der Waals surface area contributed by atoms with Crippen molar-refractivity contribution in [1.82, 2.24) is 5.32 Å². The third kappa shape index (κ3) is 4.44. The Bertz CT molecular complexity index is 507. The molecule has 1 heterocycles. The standard InChI is InChI=1S/C17H25FN2O2/c1-2-3-8-19-11-13-6-7-15(18)16(10-13)20-9-4-5-14(12-20)17(21)22/h6-7,10,14,19H,2-5,8-9,11-12H2,1H3,(H,21,22). The maximum atomic E-state index is 14.1. The molecule has 0 saturated carbocycles. The highest BCUT2D eigenvalue weighted by Gasteiger charge is 2.26. The number of hydrogen-bond acceptors (Lipinski definition) is 3. The number of piperidine rings is 1. The van der Waals surface area contributed by atoms with Gasteiger partial charge in [-0.1, -0.05) is 19.4 Å². The number of hydrogen-bond donors (Lipinski definition) is 2. The Morgan fingerprint density at radius 1 is 1.50 bits per heavy atom. The number of anilines is 1. The average Bonchev–Trinajstić information content (AvgIpc) is 2.53. The first-order chi connectivity index (χ1) is 10.6. The molecule has 0 bridgehead atoms. The molecule has 1 aromatic rings. The van der Waals surface area contributed by atoms with E-state index in [-0.39, 0.29) is 5.82 Å². The zero-order valence-electron chi connectivity index (χ0n) is 13.1. The summed E-state index contributed by atoms with van der Waals surface area (Å²) in [5, 5.41) is 12.5. The van der Waals surface area contributed by atoms with Crippen molar-refractivity contribution in [3.05, 3.63) is 29.6 Å². The lowest BCUT2D eigenvalue weighted by Crippen LogP contribution is -2.39. The fraction of sp³-hybridized carbons (Fsp3) is 0.588. The number of benzene rings is 1. The van der Waals surface area contributed by atoms with Crippen LogP contribution in [0.25, 0.3) is 0 Å². The second-order valence-electron chi connectivity index (χ2n) is 5.94. The lowest BCUT2D eigenvalue weighted by molar-refractivity contribution is -0.141. The number of rotatable bonds is 7. The number of halogens is 1. The number of aliphatic carboxylic acids is 1. The van der Waals surface area contributed by atoms with Gasteiger partial charge in [0.1, 0.15) is 5.82 Å². The first-order valence-electron chi connectivity index (χ1n) is 8.08. The predicted molar refractivity (Wildman–Crippen MR) is 85.6 cm³/mol. The Morgan fingerprint density at radius 2 is 2.32 bits per heavy atom. The maximum Gasteiger partial charge on any atom is 0.308 e. The Labute approximate surface area is 131 Å². The van der Waals surface area contributed by atoms with E-state index >= 15 is 0 Å². The van der Waals surface area contributed by atoms with Gasteiger partial charge in [0.15, 0.2) is 0 Å². The molecule has 2 rings (SSSR count). The highest BCUT2D eigenvalue weighted by Crippen LogP contribution is 2.26. The van der Waals surface area contributed by atoms with Crippen LogP contribution in [-0.2, 0) is 11.3 Å². The zero-order valence-corrected chi connectivity index (χ0v) is 13.1. The van der Waals surface area contributed by atoms with E-state index in [0.717, 1.165) is 31.4 Å². The summed E-state index contributed by atoms with van der Waals surface area (Å²) in [6.07, 6.45) is 3.73. The number of nitrogens with one attached hydrogen (secondary N) is 1. The summed E-state index contributed by atoms with van der Waals surface area (Å²) in [6.45, 7) is 4.91. The molecule has 22 heavy (non-hydrogen) atoms. The van der Waals surface area contributed by atoms with Gasteiger partial charge in [0.25, 0.3) is 0 Å². The molecule has 1 unspecified atom stereocenters. The van der Waals surface area contributed by atoms with Gasteiger partial charge in [-0.05, 0) is 43.5 Å². The van der Waals surface area contributed by atoms with E-state index in [9.17, 15) is 9.18 Å². The quantitative estimate of drug-likeness (QED) is 0.760. The second-order valence-corrected chi connectivity index (χ2v) is 5.94. The highest BCUT2D eigenvalue weighted by molar-refractivity contribution is 5.71. The van der Waals surface area contributed by atoms with E-state index in [1.165, 1.54) is 6.07 Å². The molecule has 122 valence electrons. The zero-order chi connectivity index (χ0) is 15.9. The molecule has 0 radical (unpaired) electrons. The topological polar surface area (TPSA) is 52.6 Å². The molecule has 1 fully saturated rings. The van der Waals surface area contributed by atoms with E-state index in [1.54, 1.807) is 6.07 Å². The Kier molecular flexibility index (Phi) is 6.19. The summed E-state index contributed by atoms with van der Waals surface area (Å²) < 4.78 is 14.1. The summed E-state index contributed by atoms with van der Waals surface area (Å²) in [6, 6.07) is 5.12. The summed E-state index contributed by atoms with van der Waals surface area (Å²) in [7, 11) is 0. The minimum atomic E-state index is -0.789. The normalized spacial score (nSPS) is 18.5. The molecule has 5 heteroatoms. The van der Waals surface area contributed by atoms with Crippen LogP contribution >= 0.6 is 0 Å². The molecule has 0 aliphatic carbocycles. The molecule has 1 aliphatic rings. The smallest absolute Gasteiger partial charge is 0.308 e. The number of unbranched alkanes of at least 4 members (excludes halogenated alkanes) is 1. The first-order valence-corrected chi connectivity index (χ1v) is 8.08. The molecule has 2 N–H and O–H groups in total. The SMILES string of the molecule is CCCCNCc1ccc(F)c(N2CCCC(C(=O)O)C2)c1. The molecular weight excluding hydrogens is 283 g/mol. The van der Waals surface area contributed by atoms with Gasteiger partial charge in [0.05, 0.1) is 11.6 Å². The van der Waals surface area contributed by atoms with Crippen molar-refractivity contribution >= 4 is 11.7 Å². The Morgan fingerprint density at radius 3 is 3.05 bits per heavy atom. The van der Waals surface area contributed by atoms with Crippen molar-refractivity contribution in [2.24, 2.45) is 5.92 Å². The largest absolute Gasteiger partial charge is 0.481 e. The second kappa shape index (κ2) is 8.13. The first kappa shape index (κ1) is 16.7. The van der Waals surface area contributed by atoms with Crippen molar-refractivity contribution < 1.29 is 14.3 Å². The van der Waals surface area contributed by atoms with Crippen LogP contribution in [-0.4, -0.2) is 30.7 Å². The van der Waals surface area contributed by atoms with Gasteiger partial charge in [0.2, 0.25) is 0 Å². The van der Waals surface area contributed by atoms with Crippen molar-refractivity contribution in [2.75, 3.05) is 24.5 Å². The lowest BCUT2D eigenvalue weighted by Gasteiger charge is -2.33. The summed E-state index contributed by atoms with van der Waals surface area (Å²) >= 11 is 0. The van der Waals surface area contributed by atoms with Crippen LogP contribution in [0.3, 0.4) is 0 Å². The third-order valence-electron chi connectivity index (χ3n) is 4.16. The summed E-state index contributed by atoms with van der Waals surface area (Å²) in [5.41, 5.74) is 1.56. The van der Waals surface area contributed by atoms with E-state index < -0.39 is 11.9 Å². The van der Waals surface area contributed by atoms with E-state index in [1.807, 2.05) is 11.0 Å². The summed E-state index contributed by atoms with van der Waals surface area (Å²) in [4.78, 5) is 13.0. The van der Waals surface area contributed by atoms with Gasteiger partial charge in [0, 0.05) is 19.6 Å². The molecule has 1 aliphatic heterocycles. The van der Waals surface area contributed by atoms with Crippen LogP contribution in [0.2, 0.25) is 0 Å². The van der Waals surface area contributed by atoms with Crippen LogP contribution in [0.1, 0.15) is 38.2 Å². The molecule has 1 aromatic carbocycles. The molecule has 1 atom stereocenters. The minimum absolute atomic E-state index is 0.275. The van der Waals surface area contributed by atoms with Gasteiger partial charge in [-0.25, -0.2) is 4.39 Å². The van der Waals surface area contributed by atoms with Gasteiger partial charge in [-0.15, -0.1) is 0 Å². The molecular formula is C17H25FN2O2. The molecule has 0 spiro atoms. The number of nitrogens with zero attached hydrogens (tertiary/aromatic N) is 1. The van der Waals surface area contributed by atoms with Crippen LogP contribution < -0.4 is 10.2 Å². The van der Waals surface area contributed by atoms with E-state index in [0.29, 0.717) is 31.7 Å². The average molecular weight is 308 g/mol. The Balaban J connectivity index is 2.04. The van der Waals surface area contributed by atoms with Crippen molar-refractivity contribution in [2.45, 2.75) is 39.2 Å². The molecule has 4 nitrogen and oxygen atoms in total. The van der Waals surface area contributed by atoms with Crippen LogP contribution in [0.4, 0.5) is 10.1 Å². The van der Waals surface area contributed by atoms with Crippen molar-refractivity contribution in [3.8, 4) is 0 Å². The van der Waals surface area contributed by atoms with Gasteiger partial charge in [-0.3, -0.25) is 4.79 Å². The maximum absolute atomic E-state index is 14.1. The minimum Gasteiger partial charge on any atom is -0.481 e. The fourth-order valence-corrected chi connectivity index (χ4v) is 2.84. The highest BCUT2D eigenvalue weighted by atomic mass is 19.1. The van der Waals surface area contributed by atoms with Gasteiger partial charge >= 0.3 is 5.97 Å². The molecule has 1 saturated heterocycles. The van der Waals surface area contributed by atoms with Gasteiger partial charge in [-0.2, -0.15) is 0 Å². The third-order valence-corrected chi connectivity index (χ3v) is 4.16. The predicted octanol–water partition coefficient (Wildman–Crippen LogP) is 3.02. The molecule has 0 aromatic heterocycles. The molecule has 0 amide bonds. The van der Waals surface area contributed by atoms with Crippen molar-refractivity contribution in [3.63, 3.8) is 0 Å². The van der Waals surface area contributed by atoms with Gasteiger partial charge < -0.3 is 15.3 Å². The fourth-order valence-electron chi connectivity index (χ4n) is 2.84. The lowest BCUT2D eigenvalue weighted by atomic mass is 9.97. The number of carbonyl (C=O) groups is 1. The Hall–Kier alpha value is -1.62. The van der Waals surface area contributed by atoms with Crippen LogP contribution in [0.5, 0.6) is 0 Å². The van der Waals surface area contributed by atoms with Crippen LogP contribution in [0, 0.1) is 11.7 Å². The monoisotopic (exact) mass is 308 g/mol. The van der Waals surface area contributed by atoms with E-state index in [4.69, 9.17) is 5.11 Å². The number of carboxylic acid groups (broad SMARTS) is 1.